The molecule has 2 aromatic rings. The number of hydrogen-bond acceptors (Lipinski definition) is 5. The fraction of sp³-hybridized carbons (Fsp3) is 0.545. The largest absolute Gasteiger partial charge is 0.490 e. The lowest BCUT2D eigenvalue weighted by atomic mass is 9.75. The van der Waals surface area contributed by atoms with Gasteiger partial charge in [0.2, 0.25) is 0 Å². The summed E-state index contributed by atoms with van der Waals surface area (Å²) in [5, 5.41) is 0.362. The molecule has 0 radical (unpaired) electrons. The fourth-order valence-electron chi connectivity index (χ4n) is 3.05. The molecule has 0 N–H and O–H groups in total. The number of nitrogens with zero attached hydrogens (tertiary/aromatic N) is 3. The van der Waals surface area contributed by atoms with Crippen LogP contribution in [0.4, 0.5) is 0 Å². The standard InChI is InChI=1S/C12H22BNO2.C8H5ClN2O.C2H6/c1-11(2)12(3,4)16-13(15-11)10-6-8-14(5)9-7-10;9-8-6(5-12)10-7-3-1-2-4-11(7)8;1-2/h6H,7-9H2,1-5H3;1-5H;1-2H3. The minimum atomic E-state index is -0.220. The molecule has 0 unspecified atom stereocenters. The molecule has 0 aromatic carbocycles. The Balaban J connectivity index is 0.000000204. The lowest BCUT2D eigenvalue weighted by molar-refractivity contribution is 0.00578. The zero-order chi connectivity index (χ0) is 22.5. The van der Waals surface area contributed by atoms with Crippen molar-refractivity contribution in [2.45, 2.75) is 59.2 Å². The predicted molar refractivity (Wildman–Crippen MR) is 123 cm³/mol. The molecule has 4 heterocycles. The van der Waals surface area contributed by atoms with Crippen LogP contribution in [0.5, 0.6) is 0 Å². The second-order valence-electron chi connectivity index (χ2n) is 8.21. The molecule has 164 valence electrons. The van der Waals surface area contributed by atoms with Gasteiger partial charge in [-0.1, -0.05) is 37.6 Å². The molecular formula is C22H33BClN3O3. The number of carbonyl (C=O) groups is 1. The van der Waals surface area contributed by atoms with Crippen LogP contribution in [0.2, 0.25) is 5.15 Å². The SMILES string of the molecule is CC.CN1CC=C(B2OC(C)(C)C(C)(C)O2)CC1.O=Cc1nc2ccccn2c1Cl. The van der Waals surface area contributed by atoms with E-state index in [1.807, 2.05) is 26.0 Å². The topological polar surface area (TPSA) is 56.1 Å². The summed E-state index contributed by atoms with van der Waals surface area (Å²) in [4.78, 5) is 16.7. The summed E-state index contributed by atoms with van der Waals surface area (Å²) in [5.41, 5.74) is 1.83. The van der Waals surface area contributed by atoms with Crippen molar-refractivity contribution in [3.8, 4) is 0 Å². The van der Waals surface area contributed by atoms with Gasteiger partial charge in [-0.15, -0.1) is 0 Å². The highest BCUT2D eigenvalue weighted by atomic mass is 35.5. The van der Waals surface area contributed by atoms with Crippen molar-refractivity contribution in [3.63, 3.8) is 0 Å². The zero-order valence-electron chi connectivity index (χ0n) is 19.1. The van der Waals surface area contributed by atoms with E-state index in [9.17, 15) is 4.79 Å². The van der Waals surface area contributed by atoms with Crippen LogP contribution < -0.4 is 0 Å². The number of likely N-dealkylation sites (N-methyl/N-ethyl adjacent to an activating group) is 1. The van der Waals surface area contributed by atoms with E-state index in [0.717, 1.165) is 19.5 Å². The molecule has 8 heteroatoms. The van der Waals surface area contributed by atoms with Crippen LogP contribution >= 0.6 is 11.6 Å². The Kier molecular flexibility index (Phi) is 8.28. The summed E-state index contributed by atoms with van der Waals surface area (Å²) in [6, 6.07) is 5.46. The van der Waals surface area contributed by atoms with Crippen molar-refractivity contribution in [1.29, 1.82) is 0 Å². The van der Waals surface area contributed by atoms with Gasteiger partial charge >= 0.3 is 7.12 Å². The average molecular weight is 434 g/mol. The maximum Gasteiger partial charge on any atom is 0.490 e. The smallest absolute Gasteiger partial charge is 0.400 e. The van der Waals surface area contributed by atoms with Gasteiger partial charge in [-0.25, -0.2) is 4.98 Å². The van der Waals surface area contributed by atoms with E-state index >= 15 is 0 Å². The number of fused-ring (bicyclic) bond motifs is 1. The summed E-state index contributed by atoms with van der Waals surface area (Å²) in [6.07, 6.45) is 5.70. The molecule has 0 bridgehead atoms. The maximum absolute atomic E-state index is 10.4. The highest BCUT2D eigenvalue weighted by molar-refractivity contribution is 6.54. The predicted octanol–water partition coefficient (Wildman–Crippen LogP) is 4.71. The Labute approximate surface area is 185 Å². The number of pyridine rings is 1. The number of halogens is 1. The molecule has 2 aromatic heterocycles. The van der Waals surface area contributed by atoms with Gasteiger partial charge in [-0.3, -0.25) is 9.20 Å². The summed E-state index contributed by atoms with van der Waals surface area (Å²) >= 11 is 5.83. The van der Waals surface area contributed by atoms with E-state index < -0.39 is 0 Å². The third kappa shape index (κ3) is 5.33. The Morgan fingerprint density at radius 1 is 1.17 bits per heavy atom. The van der Waals surface area contributed by atoms with E-state index in [2.05, 4.69) is 50.7 Å². The number of rotatable bonds is 2. The first-order valence-electron chi connectivity index (χ1n) is 10.5. The van der Waals surface area contributed by atoms with E-state index in [1.165, 1.54) is 5.47 Å². The second-order valence-corrected chi connectivity index (χ2v) is 8.57. The lowest BCUT2D eigenvalue weighted by Crippen LogP contribution is -2.41. The van der Waals surface area contributed by atoms with Crippen molar-refractivity contribution < 1.29 is 14.1 Å². The van der Waals surface area contributed by atoms with Crippen molar-refractivity contribution in [3.05, 3.63) is 46.8 Å². The third-order valence-corrected chi connectivity index (χ3v) is 5.99. The first-order chi connectivity index (χ1) is 14.1. The Bertz CT molecular complexity index is 879. The highest BCUT2D eigenvalue weighted by Crippen LogP contribution is 2.39. The first-order valence-corrected chi connectivity index (χ1v) is 10.8. The highest BCUT2D eigenvalue weighted by Gasteiger charge is 2.52. The van der Waals surface area contributed by atoms with E-state index in [0.29, 0.717) is 17.1 Å². The molecule has 0 aliphatic carbocycles. The molecular weight excluding hydrogens is 401 g/mol. The van der Waals surface area contributed by atoms with Gasteiger partial charge in [0, 0.05) is 19.3 Å². The maximum atomic E-state index is 10.4. The van der Waals surface area contributed by atoms with Crippen LogP contribution in [0.25, 0.3) is 5.65 Å². The van der Waals surface area contributed by atoms with Crippen molar-refractivity contribution in [2.24, 2.45) is 0 Å². The minimum Gasteiger partial charge on any atom is -0.400 e. The van der Waals surface area contributed by atoms with Gasteiger partial charge in [0.1, 0.15) is 16.5 Å². The third-order valence-electron chi connectivity index (χ3n) is 5.61. The summed E-state index contributed by atoms with van der Waals surface area (Å²) in [5.74, 6) is 0. The molecule has 30 heavy (non-hydrogen) atoms. The fourth-order valence-corrected chi connectivity index (χ4v) is 3.28. The van der Waals surface area contributed by atoms with Gasteiger partial charge < -0.3 is 14.2 Å². The number of hydrogen-bond donors (Lipinski definition) is 0. The van der Waals surface area contributed by atoms with Crippen LogP contribution in [0.3, 0.4) is 0 Å². The van der Waals surface area contributed by atoms with E-state index in [1.54, 1.807) is 16.7 Å². The minimum absolute atomic E-state index is 0.140. The van der Waals surface area contributed by atoms with Crippen molar-refractivity contribution in [1.82, 2.24) is 14.3 Å². The molecule has 1 fully saturated rings. The number of aldehydes is 1. The molecule has 0 saturated carbocycles. The van der Waals surface area contributed by atoms with Crippen molar-refractivity contribution in [2.75, 3.05) is 20.1 Å². The molecule has 0 atom stereocenters. The van der Waals surface area contributed by atoms with Crippen LogP contribution in [0.15, 0.2) is 35.9 Å². The van der Waals surface area contributed by atoms with Crippen LogP contribution in [-0.4, -0.2) is 59.0 Å². The number of carbonyl (C=O) groups excluding carboxylic acids is 1. The Morgan fingerprint density at radius 3 is 2.30 bits per heavy atom. The van der Waals surface area contributed by atoms with Crippen molar-refractivity contribution >= 4 is 30.7 Å². The zero-order valence-corrected chi connectivity index (χ0v) is 19.9. The first kappa shape index (κ1) is 24.6. The average Bonchev–Trinajstić information content (AvgIpc) is 3.16. The van der Waals surface area contributed by atoms with Gasteiger partial charge in [0.25, 0.3) is 0 Å². The van der Waals surface area contributed by atoms with E-state index in [-0.39, 0.29) is 24.0 Å². The quantitative estimate of drug-likeness (QED) is 0.507. The number of aromatic nitrogens is 2. The second kappa shape index (κ2) is 10.1. The molecule has 2 aliphatic heterocycles. The van der Waals surface area contributed by atoms with Crippen LogP contribution in [0.1, 0.15) is 58.5 Å². The summed E-state index contributed by atoms with van der Waals surface area (Å²) in [7, 11) is 2.00. The van der Waals surface area contributed by atoms with Gasteiger partial charge in [-0.2, -0.15) is 0 Å². The lowest BCUT2D eigenvalue weighted by Gasteiger charge is -2.32. The monoisotopic (exact) mass is 433 g/mol. The molecule has 6 nitrogen and oxygen atoms in total. The summed E-state index contributed by atoms with van der Waals surface area (Å²) in [6.45, 7) is 14.5. The van der Waals surface area contributed by atoms with Gasteiger partial charge in [0.15, 0.2) is 6.29 Å². The molecule has 4 rings (SSSR count). The normalized spacial score (nSPS) is 20.0. The number of imidazole rings is 1. The molecule has 0 spiro atoms. The molecule has 2 aliphatic rings. The van der Waals surface area contributed by atoms with Gasteiger partial charge in [-0.05, 0) is 58.8 Å². The van der Waals surface area contributed by atoms with E-state index in [4.69, 9.17) is 20.9 Å². The van der Waals surface area contributed by atoms with Gasteiger partial charge in [0.05, 0.1) is 11.2 Å². The Morgan fingerprint density at radius 2 is 1.80 bits per heavy atom. The van der Waals surface area contributed by atoms with Crippen LogP contribution in [-0.2, 0) is 9.31 Å². The molecule has 1 saturated heterocycles. The molecule has 0 amide bonds. The van der Waals surface area contributed by atoms with Crippen LogP contribution in [0, 0.1) is 0 Å². The Hall–Kier alpha value is -1.67. The summed E-state index contributed by atoms with van der Waals surface area (Å²) < 4.78 is 13.7.